The number of halogens is 1. The lowest BCUT2D eigenvalue weighted by molar-refractivity contribution is 0.0428. The van der Waals surface area contributed by atoms with Crippen LogP contribution in [0.15, 0.2) is 21.5 Å². The Morgan fingerprint density at radius 3 is 2.42 bits per heavy atom. The summed E-state index contributed by atoms with van der Waals surface area (Å²) in [6, 6.07) is 3.65. The SMILES string of the molecule is CCNC(=NCC(C)(O)c1ccc(C)o1)NCCN(CC)CC.I. The van der Waals surface area contributed by atoms with E-state index in [9.17, 15) is 5.11 Å². The van der Waals surface area contributed by atoms with Crippen LogP contribution in [-0.4, -0.2) is 55.2 Å². The van der Waals surface area contributed by atoms with Crippen LogP contribution in [-0.2, 0) is 5.60 Å². The van der Waals surface area contributed by atoms with Gasteiger partial charge in [-0.05, 0) is 46.0 Å². The number of aliphatic hydroxyl groups is 1. The Morgan fingerprint density at radius 1 is 1.25 bits per heavy atom. The lowest BCUT2D eigenvalue weighted by Crippen LogP contribution is -2.42. The fourth-order valence-corrected chi connectivity index (χ4v) is 2.25. The lowest BCUT2D eigenvalue weighted by Gasteiger charge is -2.21. The van der Waals surface area contributed by atoms with Crippen LogP contribution in [0.25, 0.3) is 0 Å². The van der Waals surface area contributed by atoms with Gasteiger partial charge in [0.15, 0.2) is 5.96 Å². The molecule has 0 radical (unpaired) electrons. The Morgan fingerprint density at radius 2 is 1.92 bits per heavy atom. The van der Waals surface area contributed by atoms with Crippen molar-refractivity contribution in [2.24, 2.45) is 4.99 Å². The molecule has 0 saturated carbocycles. The third-order valence-electron chi connectivity index (χ3n) is 3.78. The molecule has 0 amide bonds. The van der Waals surface area contributed by atoms with Gasteiger partial charge in [0.05, 0.1) is 6.54 Å². The number of hydrogen-bond donors (Lipinski definition) is 3. The van der Waals surface area contributed by atoms with E-state index in [1.54, 1.807) is 13.0 Å². The quantitative estimate of drug-likeness (QED) is 0.305. The van der Waals surface area contributed by atoms with Gasteiger partial charge in [0.25, 0.3) is 0 Å². The van der Waals surface area contributed by atoms with Crippen LogP contribution in [0.2, 0.25) is 0 Å². The van der Waals surface area contributed by atoms with E-state index >= 15 is 0 Å². The van der Waals surface area contributed by atoms with Crippen molar-refractivity contribution < 1.29 is 9.52 Å². The Kier molecular flexibility index (Phi) is 11.3. The first-order chi connectivity index (χ1) is 10.9. The van der Waals surface area contributed by atoms with Crippen LogP contribution in [0.1, 0.15) is 39.2 Å². The van der Waals surface area contributed by atoms with Gasteiger partial charge in [-0.2, -0.15) is 0 Å². The second-order valence-corrected chi connectivity index (χ2v) is 5.83. The summed E-state index contributed by atoms with van der Waals surface area (Å²) in [6.07, 6.45) is 0. The van der Waals surface area contributed by atoms with E-state index < -0.39 is 5.60 Å². The smallest absolute Gasteiger partial charge is 0.191 e. The number of nitrogens with one attached hydrogen (secondary N) is 2. The third kappa shape index (κ3) is 7.85. The zero-order valence-electron chi connectivity index (χ0n) is 15.6. The molecule has 6 nitrogen and oxygen atoms in total. The Hall–Kier alpha value is -0.800. The van der Waals surface area contributed by atoms with Crippen molar-refractivity contribution in [2.45, 2.75) is 40.2 Å². The molecule has 7 heteroatoms. The average Bonchev–Trinajstić information content (AvgIpc) is 2.96. The second-order valence-electron chi connectivity index (χ2n) is 5.83. The highest BCUT2D eigenvalue weighted by Gasteiger charge is 2.26. The maximum Gasteiger partial charge on any atom is 0.191 e. The molecular formula is C17H33IN4O2. The van der Waals surface area contributed by atoms with Crippen molar-refractivity contribution in [2.75, 3.05) is 39.3 Å². The molecule has 1 unspecified atom stereocenters. The molecule has 1 rings (SSSR count). The number of aryl methyl sites for hydroxylation is 1. The van der Waals surface area contributed by atoms with Gasteiger partial charge in [0, 0.05) is 19.6 Å². The highest BCUT2D eigenvalue weighted by Crippen LogP contribution is 2.22. The first kappa shape index (κ1) is 23.2. The summed E-state index contributed by atoms with van der Waals surface area (Å²) < 4.78 is 5.52. The minimum atomic E-state index is -1.12. The number of likely N-dealkylation sites (N-methyl/N-ethyl adjacent to an activating group) is 1. The average molecular weight is 452 g/mol. The number of furan rings is 1. The highest BCUT2D eigenvalue weighted by atomic mass is 127. The molecule has 140 valence electrons. The molecule has 0 aliphatic heterocycles. The van der Waals surface area contributed by atoms with Crippen LogP contribution in [0.4, 0.5) is 0 Å². The normalized spacial score (nSPS) is 14.2. The predicted octanol–water partition coefficient (Wildman–Crippen LogP) is 2.31. The van der Waals surface area contributed by atoms with E-state index in [4.69, 9.17) is 4.42 Å². The van der Waals surface area contributed by atoms with Crippen molar-refractivity contribution in [1.29, 1.82) is 0 Å². The molecule has 1 aromatic rings. The Bertz CT molecular complexity index is 485. The molecule has 0 spiro atoms. The number of guanidine groups is 1. The summed E-state index contributed by atoms with van der Waals surface area (Å²) in [7, 11) is 0. The fraction of sp³-hybridized carbons (Fsp3) is 0.706. The molecule has 3 N–H and O–H groups in total. The molecule has 1 heterocycles. The van der Waals surface area contributed by atoms with Crippen molar-refractivity contribution in [3.63, 3.8) is 0 Å². The van der Waals surface area contributed by atoms with Gasteiger partial charge < -0.3 is 25.1 Å². The number of hydrogen-bond acceptors (Lipinski definition) is 4. The summed E-state index contributed by atoms with van der Waals surface area (Å²) in [5, 5.41) is 17.0. The van der Waals surface area contributed by atoms with Crippen molar-refractivity contribution in [3.8, 4) is 0 Å². The fourth-order valence-electron chi connectivity index (χ4n) is 2.25. The van der Waals surface area contributed by atoms with E-state index in [-0.39, 0.29) is 30.5 Å². The summed E-state index contributed by atoms with van der Waals surface area (Å²) in [5.74, 6) is 2.04. The molecule has 0 saturated heterocycles. The van der Waals surface area contributed by atoms with Gasteiger partial charge >= 0.3 is 0 Å². The largest absolute Gasteiger partial charge is 0.463 e. The molecule has 0 aliphatic rings. The second kappa shape index (κ2) is 11.7. The lowest BCUT2D eigenvalue weighted by atomic mass is 10.0. The molecule has 0 fully saturated rings. The van der Waals surface area contributed by atoms with Crippen LogP contribution >= 0.6 is 24.0 Å². The van der Waals surface area contributed by atoms with Gasteiger partial charge in [-0.3, -0.25) is 0 Å². The van der Waals surface area contributed by atoms with E-state index in [1.165, 1.54) is 0 Å². The number of aliphatic imine (C=N–C) groups is 1. The van der Waals surface area contributed by atoms with Crippen LogP contribution < -0.4 is 10.6 Å². The first-order valence-electron chi connectivity index (χ1n) is 8.46. The molecule has 0 bridgehead atoms. The number of rotatable bonds is 9. The van der Waals surface area contributed by atoms with E-state index in [2.05, 4.69) is 34.4 Å². The molecule has 0 aliphatic carbocycles. The topological polar surface area (TPSA) is 73.0 Å². The van der Waals surface area contributed by atoms with Crippen molar-refractivity contribution in [1.82, 2.24) is 15.5 Å². The van der Waals surface area contributed by atoms with Crippen molar-refractivity contribution in [3.05, 3.63) is 23.7 Å². The minimum Gasteiger partial charge on any atom is -0.463 e. The molecule has 0 aromatic carbocycles. The zero-order valence-corrected chi connectivity index (χ0v) is 17.9. The molecule has 24 heavy (non-hydrogen) atoms. The van der Waals surface area contributed by atoms with Crippen LogP contribution in [0, 0.1) is 6.92 Å². The Balaban J connectivity index is 0.00000529. The van der Waals surface area contributed by atoms with Crippen LogP contribution in [0.5, 0.6) is 0 Å². The molecule has 1 aromatic heterocycles. The van der Waals surface area contributed by atoms with E-state index in [0.29, 0.717) is 11.7 Å². The first-order valence-corrected chi connectivity index (χ1v) is 8.46. The van der Waals surface area contributed by atoms with Gasteiger partial charge in [-0.15, -0.1) is 24.0 Å². The zero-order chi connectivity index (χ0) is 17.3. The standard InChI is InChI=1S/C17H32N4O2.HI/c1-6-18-16(19-11-12-21(7-2)8-3)20-13-17(5,22)15-10-9-14(4)23-15;/h9-10,22H,6-8,11-13H2,1-5H3,(H2,18,19,20);1H. The predicted molar refractivity (Wildman–Crippen MR) is 110 cm³/mol. The van der Waals surface area contributed by atoms with Gasteiger partial charge in [-0.1, -0.05) is 13.8 Å². The summed E-state index contributed by atoms with van der Waals surface area (Å²) in [6.45, 7) is 14.8. The van der Waals surface area contributed by atoms with Crippen LogP contribution in [0.3, 0.4) is 0 Å². The minimum absolute atomic E-state index is 0. The van der Waals surface area contributed by atoms with E-state index in [1.807, 2.05) is 19.9 Å². The summed E-state index contributed by atoms with van der Waals surface area (Å²) >= 11 is 0. The Labute approximate surface area is 163 Å². The monoisotopic (exact) mass is 452 g/mol. The summed E-state index contributed by atoms with van der Waals surface area (Å²) in [4.78, 5) is 6.83. The summed E-state index contributed by atoms with van der Waals surface area (Å²) in [5.41, 5.74) is -1.12. The van der Waals surface area contributed by atoms with E-state index in [0.717, 1.165) is 38.5 Å². The third-order valence-corrected chi connectivity index (χ3v) is 3.78. The maximum atomic E-state index is 10.5. The molecular weight excluding hydrogens is 419 g/mol. The highest BCUT2D eigenvalue weighted by molar-refractivity contribution is 14.0. The van der Waals surface area contributed by atoms with Gasteiger partial charge in [-0.25, -0.2) is 4.99 Å². The number of nitrogens with zero attached hydrogens (tertiary/aromatic N) is 2. The van der Waals surface area contributed by atoms with Gasteiger partial charge in [0.2, 0.25) is 0 Å². The van der Waals surface area contributed by atoms with Crippen molar-refractivity contribution >= 4 is 29.9 Å². The van der Waals surface area contributed by atoms with Gasteiger partial charge in [0.1, 0.15) is 17.1 Å². The molecule has 1 atom stereocenters. The maximum absolute atomic E-state index is 10.5.